The van der Waals surface area contributed by atoms with E-state index >= 15 is 0 Å². The molecule has 22 heavy (non-hydrogen) atoms. The first kappa shape index (κ1) is 14.1. The minimum Gasteiger partial charge on any atom is -0.459 e. The van der Waals surface area contributed by atoms with Gasteiger partial charge in [0.2, 0.25) is 0 Å². The van der Waals surface area contributed by atoms with Gasteiger partial charge in [0.25, 0.3) is 5.91 Å². The molecule has 0 bridgehead atoms. The van der Waals surface area contributed by atoms with E-state index in [-0.39, 0.29) is 23.8 Å². The van der Waals surface area contributed by atoms with E-state index in [9.17, 15) is 18.0 Å². The van der Waals surface area contributed by atoms with Gasteiger partial charge in [0, 0.05) is 6.20 Å². The number of aromatic nitrogens is 3. The Kier molecular flexibility index (Phi) is 3.32. The van der Waals surface area contributed by atoms with E-state index in [2.05, 4.69) is 15.5 Å². The summed E-state index contributed by atoms with van der Waals surface area (Å²) in [6.45, 7) is -0.0813. The van der Waals surface area contributed by atoms with Gasteiger partial charge in [-0.3, -0.25) is 9.20 Å². The fourth-order valence-corrected chi connectivity index (χ4v) is 1.88. The largest absolute Gasteiger partial charge is 0.459 e. The maximum atomic E-state index is 12.7. The van der Waals surface area contributed by atoms with Crippen molar-refractivity contribution in [2.45, 2.75) is 12.7 Å². The zero-order valence-corrected chi connectivity index (χ0v) is 11.0. The molecule has 0 aromatic carbocycles. The number of fused-ring (bicyclic) bond motifs is 1. The second-order valence-electron chi connectivity index (χ2n) is 4.42. The highest BCUT2D eigenvalue weighted by molar-refractivity contribution is 5.91. The van der Waals surface area contributed by atoms with Crippen LogP contribution in [0.4, 0.5) is 13.2 Å². The molecule has 0 aliphatic heterocycles. The summed E-state index contributed by atoms with van der Waals surface area (Å²) in [5.41, 5.74) is -0.561. The van der Waals surface area contributed by atoms with Gasteiger partial charge in [-0.05, 0) is 24.3 Å². The number of carbonyl (C=O) groups excluding carboxylic acids is 1. The monoisotopic (exact) mass is 310 g/mol. The molecule has 0 aliphatic rings. The Bertz CT molecular complexity index is 808. The molecule has 3 aromatic heterocycles. The highest BCUT2D eigenvalue weighted by Crippen LogP contribution is 2.29. The van der Waals surface area contributed by atoms with Crippen LogP contribution in [0.5, 0.6) is 0 Å². The lowest BCUT2D eigenvalue weighted by Gasteiger charge is -2.07. The molecule has 0 saturated heterocycles. The summed E-state index contributed by atoms with van der Waals surface area (Å²) < 4.78 is 44.3. The highest BCUT2D eigenvalue weighted by atomic mass is 19.4. The topological polar surface area (TPSA) is 72.4 Å². The number of halogens is 3. The molecule has 3 heterocycles. The molecule has 0 aliphatic carbocycles. The molecule has 114 valence electrons. The van der Waals surface area contributed by atoms with E-state index in [0.717, 1.165) is 12.3 Å². The third-order valence-electron chi connectivity index (χ3n) is 2.95. The average molecular weight is 310 g/mol. The van der Waals surface area contributed by atoms with E-state index in [1.807, 2.05) is 0 Å². The summed E-state index contributed by atoms with van der Waals surface area (Å²) in [5.74, 6) is -0.209. The molecule has 9 heteroatoms. The number of alkyl halides is 3. The average Bonchev–Trinajstić information content (AvgIpc) is 3.13. The SMILES string of the molecule is O=C(NCc1nnc2ccc(C(F)(F)F)cn12)c1ccco1. The van der Waals surface area contributed by atoms with E-state index in [1.54, 1.807) is 6.07 Å². The standard InChI is InChI=1S/C13H9F3N4O2/c14-13(15,16)8-3-4-10-18-19-11(20(10)7-8)6-17-12(21)9-2-1-5-22-9/h1-5,7H,6H2,(H,17,21). The number of amides is 1. The fraction of sp³-hybridized carbons (Fsp3) is 0.154. The van der Waals surface area contributed by atoms with Crippen LogP contribution in [-0.2, 0) is 12.7 Å². The van der Waals surface area contributed by atoms with Crippen LogP contribution in [0.25, 0.3) is 5.65 Å². The molecule has 1 N–H and O–H groups in total. The molecule has 0 unspecified atom stereocenters. The second-order valence-corrected chi connectivity index (χ2v) is 4.42. The number of carbonyl (C=O) groups is 1. The number of nitrogens with zero attached hydrogens (tertiary/aromatic N) is 3. The van der Waals surface area contributed by atoms with Crippen molar-refractivity contribution in [3.05, 3.63) is 53.9 Å². The molecular formula is C13H9F3N4O2. The summed E-state index contributed by atoms with van der Waals surface area (Å²) in [6, 6.07) is 5.17. The van der Waals surface area contributed by atoms with Gasteiger partial charge in [-0.15, -0.1) is 10.2 Å². The summed E-state index contributed by atoms with van der Waals surface area (Å²) in [7, 11) is 0. The number of hydrogen-bond acceptors (Lipinski definition) is 4. The number of hydrogen-bond donors (Lipinski definition) is 1. The Balaban J connectivity index is 1.83. The van der Waals surface area contributed by atoms with Crippen LogP contribution in [0.3, 0.4) is 0 Å². The first-order valence-corrected chi connectivity index (χ1v) is 6.18. The molecule has 0 fully saturated rings. The predicted molar refractivity (Wildman–Crippen MR) is 67.9 cm³/mol. The van der Waals surface area contributed by atoms with Crippen molar-refractivity contribution in [1.29, 1.82) is 0 Å². The van der Waals surface area contributed by atoms with E-state index in [4.69, 9.17) is 4.42 Å². The first-order valence-electron chi connectivity index (χ1n) is 6.18. The van der Waals surface area contributed by atoms with Gasteiger partial charge in [0.1, 0.15) is 0 Å². The van der Waals surface area contributed by atoms with Gasteiger partial charge >= 0.3 is 6.18 Å². The van der Waals surface area contributed by atoms with Gasteiger partial charge in [-0.1, -0.05) is 0 Å². The fourth-order valence-electron chi connectivity index (χ4n) is 1.88. The number of rotatable bonds is 3. The van der Waals surface area contributed by atoms with Gasteiger partial charge in [-0.2, -0.15) is 13.2 Å². The Morgan fingerprint density at radius 3 is 2.77 bits per heavy atom. The van der Waals surface area contributed by atoms with Crippen LogP contribution >= 0.6 is 0 Å². The Morgan fingerprint density at radius 1 is 1.27 bits per heavy atom. The molecule has 3 aromatic rings. The minimum atomic E-state index is -4.47. The number of pyridine rings is 1. The van der Waals surface area contributed by atoms with Crippen molar-refractivity contribution in [2.24, 2.45) is 0 Å². The van der Waals surface area contributed by atoms with Crippen molar-refractivity contribution in [3.8, 4) is 0 Å². The summed E-state index contributed by atoms with van der Waals surface area (Å²) in [4.78, 5) is 11.7. The summed E-state index contributed by atoms with van der Waals surface area (Å²) >= 11 is 0. The zero-order valence-electron chi connectivity index (χ0n) is 11.0. The van der Waals surface area contributed by atoms with E-state index in [0.29, 0.717) is 0 Å². The van der Waals surface area contributed by atoms with Gasteiger partial charge < -0.3 is 9.73 Å². The highest BCUT2D eigenvalue weighted by Gasteiger charge is 2.31. The lowest BCUT2D eigenvalue weighted by atomic mass is 10.3. The Labute approximate surface area is 121 Å². The van der Waals surface area contributed by atoms with Crippen LogP contribution < -0.4 is 5.32 Å². The molecule has 0 spiro atoms. The van der Waals surface area contributed by atoms with Crippen molar-refractivity contribution in [2.75, 3.05) is 0 Å². The lowest BCUT2D eigenvalue weighted by Crippen LogP contribution is -2.23. The van der Waals surface area contributed by atoms with E-state index in [1.165, 1.54) is 22.8 Å². The van der Waals surface area contributed by atoms with Crippen molar-refractivity contribution < 1.29 is 22.4 Å². The quantitative estimate of drug-likeness (QED) is 0.805. The Hall–Kier alpha value is -2.84. The smallest absolute Gasteiger partial charge is 0.417 e. The van der Waals surface area contributed by atoms with Crippen LogP contribution in [0, 0.1) is 0 Å². The molecule has 0 atom stereocenters. The molecule has 0 radical (unpaired) electrons. The normalized spacial score (nSPS) is 11.8. The minimum absolute atomic E-state index is 0.0813. The van der Waals surface area contributed by atoms with Gasteiger partial charge in [-0.25, -0.2) is 0 Å². The maximum Gasteiger partial charge on any atom is 0.417 e. The third-order valence-corrected chi connectivity index (χ3v) is 2.95. The predicted octanol–water partition coefficient (Wildman–Crippen LogP) is 2.27. The first-order chi connectivity index (χ1) is 10.4. The van der Waals surface area contributed by atoms with Crippen molar-refractivity contribution in [3.63, 3.8) is 0 Å². The van der Waals surface area contributed by atoms with Crippen LogP contribution in [-0.4, -0.2) is 20.5 Å². The molecule has 3 rings (SSSR count). The summed E-state index contributed by atoms with van der Waals surface area (Å²) in [5, 5.41) is 10.0. The summed E-state index contributed by atoms with van der Waals surface area (Å²) in [6.07, 6.45) is -2.23. The number of nitrogens with one attached hydrogen (secondary N) is 1. The molecule has 6 nitrogen and oxygen atoms in total. The Morgan fingerprint density at radius 2 is 2.09 bits per heavy atom. The lowest BCUT2D eigenvalue weighted by molar-refractivity contribution is -0.137. The van der Waals surface area contributed by atoms with Crippen molar-refractivity contribution >= 4 is 11.6 Å². The second kappa shape index (κ2) is 5.17. The third kappa shape index (κ3) is 2.65. The van der Waals surface area contributed by atoms with Crippen LogP contribution in [0.1, 0.15) is 21.9 Å². The van der Waals surface area contributed by atoms with Crippen molar-refractivity contribution in [1.82, 2.24) is 19.9 Å². The van der Waals surface area contributed by atoms with E-state index < -0.39 is 17.6 Å². The molecular weight excluding hydrogens is 301 g/mol. The van der Waals surface area contributed by atoms with Gasteiger partial charge in [0.15, 0.2) is 17.2 Å². The van der Waals surface area contributed by atoms with Gasteiger partial charge in [0.05, 0.1) is 18.4 Å². The molecule has 0 saturated carbocycles. The van der Waals surface area contributed by atoms with Crippen LogP contribution in [0.2, 0.25) is 0 Å². The van der Waals surface area contributed by atoms with Crippen LogP contribution in [0.15, 0.2) is 41.1 Å². The molecule has 1 amide bonds. The number of furan rings is 1. The maximum absolute atomic E-state index is 12.7. The zero-order chi connectivity index (χ0) is 15.7.